The van der Waals surface area contributed by atoms with Crippen molar-refractivity contribution in [3.8, 4) is 11.5 Å². The van der Waals surface area contributed by atoms with E-state index in [1.165, 1.54) is 0 Å². The molecule has 2 N–H and O–H groups in total. The number of hydrogen-bond acceptors (Lipinski definition) is 4. The van der Waals surface area contributed by atoms with Crippen LogP contribution in [0.4, 0.5) is 0 Å². The summed E-state index contributed by atoms with van der Waals surface area (Å²) >= 11 is 0. The Kier molecular flexibility index (Phi) is 4.63. The van der Waals surface area contributed by atoms with E-state index in [0.29, 0.717) is 18.1 Å². The molecule has 0 unspecified atom stereocenters. The molecule has 5 nitrogen and oxygen atoms in total. The molecule has 1 aromatic heterocycles. The van der Waals surface area contributed by atoms with Crippen molar-refractivity contribution in [2.24, 2.45) is 5.73 Å². The third kappa shape index (κ3) is 3.11. The lowest BCUT2D eigenvalue weighted by Crippen LogP contribution is -2.07. The number of ether oxygens (including phenoxy) is 2. The summed E-state index contributed by atoms with van der Waals surface area (Å²) in [7, 11) is 1.63. The van der Waals surface area contributed by atoms with Crippen molar-refractivity contribution in [1.82, 2.24) is 9.55 Å². The van der Waals surface area contributed by atoms with Gasteiger partial charge in [0.05, 0.1) is 7.11 Å². The van der Waals surface area contributed by atoms with Gasteiger partial charge in [-0.1, -0.05) is 6.07 Å². The molecule has 0 spiro atoms. The summed E-state index contributed by atoms with van der Waals surface area (Å²) in [5.74, 6) is 2.28. The highest BCUT2D eigenvalue weighted by Gasteiger charge is 2.09. The van der Waals surface area contributed by atoms with Crippen molar-refractivity contribution in [2.45, 2.75) is 33.0 Å². The van der Waals surface area contributed by atoms with Gasteiger partial charge in [0.2, 0.25) is 0 Å². The van der Waals surface area contributed by atoms with Crippen LogP contribution in [-0.2, 0) is 13.2 Å². The highest BCUT2D eigenvalue weighted by Crippen LogP contribution is 2.30. The van der Waals surface area contributed by atoms with Gasteiger partial charge in [-0.2, -0.15) is 0 Å². The summed E-state index contributed by atoms with van der Waals surface area (Å²) in [5.41, 5.74) is 6.88. The molecule has 1 atom stereocenters. The van der Waals surface area contributed by atoms with Gasteiger partial charge in [-0.25, -0.2) is 4.98 Å². The number of hydrogen-bond donors (Lipinski definition) is 1. The summed E-state index contributed by atoms with van der Waals surface area (Å²) < 4.78 is 13.2. The Morgan fingerprint density at radius 1 is 1.35 bits per heavy atom. The Balaban J connectivity index is 2.13. The van der Waals surface area contributed by atoms with Gasteiger partial charge in [-0.3, -0.25) is 0 Å². The standard InChI is InChI=1S/C15H21N3O2/c1-4-18-8-7-17-15(18)10-20-13-6-5-12(11(2)16)9-14(13)19-3/h5-9,11H,4,10,16H2,1-3H3/t11-/m0/s1. The summed E-state index contributed by atoms with van der Waals surface area (Å²) in [6.45, 7) is 5.30. The Bertz CT molecular complexity index is 564. The van der Waals surface area contributed by atoms with E-state index in [1.54, 1.807) is 13.3 Å². The molecule has 0 amide bonds. The minimum atomic E-state index is -0.0306. The fourth-order valence-corrected chi connectivity index (χ4v) is 2.00. The summed E-state index contributed by atoms with van der Waals surface area (Å²) in [4.78, 5) is 4.28. The Hall–Kier alpha value is -2.01. The van der Waals surface area contributed by atoms with Gasteiger partial charge < -0.3 is 19.8 Å². The zero-order valence-electron chi connectivity index (χ0n) is 12.2. The zero-order chi connectivity index (χ0) is 14.5. The average Bonchev–Trinajstić information content (AvgIpc) is 2.92. The van der Waals surface area contributed by atoms with Gasteiger partial charge >= 0.3 is 0 Å². The molecular weight excluding hydrogens is 254 g/mol. The Morgan fingerprint density at radius 3 is 2.80 bits per heavy atom. The fraction of sp³-hybridized carbons (Fsp3) is 0.400. The minimum Gasteiger partial charge on any atom is -0.493 e. The van der Waals surface area contributed by atoms with Crippen LogP contribution in [0.2, 0.25) is 0 Å². The quantitative estimate of drug-likeness (QED) is 0.880. The number of imidazole rings is 1. The predicted octanol–water partition coefficient (Wildman–Crippen LogP) is 2.51. The minimum absolute atomic E-state index is 0.0306. The first-order chi connectivity index (χ1) is 9.65. The van der Waals surface area contributed by atoms with Crippen LogP contribution in [0.3, 0.4) is 0 Å². The topological polar surface area (TPSA) is 62.3 Å². The highest BCUT2D eigenvalue weighted by molar-refractivity contribution is 5.43. The molecule has 1 heterocycles. The van der Waals surface area contributed by atoms with Crippen molar-refractivity contribution < 1.29 is 9.47 Å². The summed E-state index contributed by atoms with van der Waals surface area (Å²) in [6, 6.07) is 5.72. The van der Waals surface area contributed by atoms with Crippen LogP contribution in [0.25, 0.3) is 0 Å². The average molecular weight is 275 g/mol. The van der Waals surface area contributed by atoms with E-state index >= 15 is 0 Å². The van der Waals surface area contributed by atoms with Gasteiger partial charge in [-0.05, 0) is 31.5 Å². The fourth-order valence-electron chi connectivity index (χ4n) is 2.00. The van der Waals surface area contributed by atoms with Gasteiger partial charge in [0.15, 0.2) is 11.5 Å². The van der Waals surface area contributed by atoms with Gasteiger partial charge in [0.1, 0.15) is 12.4 Å². The van der Waals surface area contributed by atoms with Crippen LogP contribution >= 0.6 is 0 Å². The number of aromatic nitrogens is 2. The zero-order valence-corrected chi connectivity index (χ0v) is 12.2. The highest BCUT2D eigenvalue weighted by atomic mass is 16.5. The first-order valence-corrected chi connectivity index (χ1v) is 6.72. The van der Waals surface area contributed by atoms with Crippen LogP contribution in [0.1, 0.15) is 31.3 Å². The molecule has 0 saturated heterocycles. The van der Waals surface area contributed by atoms with Crippen molar-refractivity contribution in [3.63, 3.8) is 0 Å². The molecule has 1 aromatic carbocycles. The number of rotatable bonds is 6. The molecule has 20 heavy (non-hydrogen) atoms. The third-order valence-corrected chi connectivity index (χ3v) is 3.21. The second kappa shape index (κ2) is 6.43. The molecule has 2 rings (SSSR count). The van der Waals surface area contributed by atoms with E-state index in [2.05, 4.69) is 11.9 Å². The van der Waals surface area contributed by atoms with Gasteiger partial charge in [0.25, 0.3) is 0 Å². The first-order valence-electron chi connectivity index (χ1n) is 6.72. The largest absolute Gasteiger partial charge is 0.493 e. The molecule has 0 saturated carbocycles. The number of methoxy groups -OCH3 is 1. The maximum Gasteiger partial charge on any atom is 0.161 e. The lowest BCUT2D eigenvalue weighted by molar-refractivity contribution is 0.271. The van der Waals surface area contributed by atoms with Gasteiger partial charge in [0, 0.05) is 25.0 Å². The van der Waals surface area contributed by atoms with Gasteiger partial charge in [-0.15, -0.1) is 0 Å². The summed E-state index contributed by atoms with van der Waals surface area (Å²) in [5, 5.41) is 0. The smallest absolute Gasteiger partial charge is 0.161 e. The SMILES string of the molecule is CCn1ccnc1COc1ccc([C@H](C)N)cc1OC. The van der Waals surface area contributed by atoms with Crippen molar-refractivity contribution in [1.29, 1.82) is 0 Å². The van der Waals surface area contributed by atoms with E-state index in [-0.39, 0.29) is 6.04 Å². The molecule has 0 aliphatic rings. The lowest BCUT2D eigenvalue weighted by Gasteiger charge is -2.14. The van der Waals surface area contributed by atoms with Crippen LogP contribution in [-0.4, -0.2) is 16.7 Å². The predicted molar refractivity (Wildman–Crippen MR) is 77.8 cm³/mol. The molecule has 108 valence electrons. The van der Waals surface area contributed by atoms with Crippen LogP contribution in [0, 0.1) is 0 Å². The second-order valence-electron chi connectivity index (χ2n) is 4.62. The van der Waals surface area contributed by atoms with Crippen LogP contribution in [0.5, 0.6) is 11.5 Å². The van der Waals surface area contributed by atoms with Crippen molar-refractivity contribution in [3.05, 3.63) is 42.0 Å². The number of nitrogens with zero attached hydrogens (tertiary/aromatic N) is 2. The monoisotopic (exact) mass is 275 g/mol. The molecule has 2 aromatic rings. The van der Waals surface area contributed by atoms with E-state index in [1.807, 2.05) is 35.9 Å². The molecule has 0 aliphatic carbocycles. The number of nitrogens with two attached hydrogens (primary N) is 1. The normalized spacial score (nSPS) is 12.2. The Morgan fingerprint density at radius 2 is 2.15 bits per heavy atom. The van der Waals surface area contributed by atoms with Crippen LogP contribution < -0.4 is 15.2 Å². The van der Waals surface area contributed by atoms with E-state index in [4.69, 9.17) is 15.2 Å². The molecule has 5 heteroatoms. The maximum atomic E-state index is 5.87. The number of benzene rings is 1. The molecular formula is C15H21N3O2. The van der Waals surface area contributed by atoms with E-state index < -0.39 is 0 Å². The van der Waals surface area contributed by atoms with Crippen LogP contribution in [0.15, 0.2) is 30.6 Å². The maximum absolute atomic E-state index is 5.87. The molecule has 0 radical (unpaired) electrons. The molecule has 0 fully saturated rings. The van der Waals surface area contributed by atoms with E-state index in [9.17, 15) is 0 Å². The number of aryl methyl sites for hydroxylation is 1. The molecule has 0 aliphatic heterocycles. The molecule has 0 bridgehead atoms. The van der Waals surface area contributed by atoms with Crippen molar-refractivity contribution >= 4 is 0 Å². The Labute approximate surface area is 119 Å². The first kappa shape index (κ1) is 14.4. The lowest BCUT2D eigenvalue weighted by atomic mass is 10.1. The second-order valence-corrected chi connectivity index (χ2v) is 4.62. The van der Waals surface area contributed by atoms with Crippen molar-refractivity contribution in [2.75, 3.05) is 7.11 Å². The van der Waals surface area contributed by atoms with E-state index in [0.717, 1.165) is 17.9 Å². The third-order valence-electron chi connectivity index (χ3n) is 3.21. The summed E-state index contributed by atoms with van der Waals surface area (Å²) in [6.07, 6.45) is 3.72.